The number of rotatable bonds is 7. The van der Waals surface area contributed by atoms with Crippen molar-refractivity contribution in [3.8, 4) is 11.1 Å². The fraction of sp³-hybridized carbons (Fsp3) is 0.0638. The minimum absolute atomic E-state index is 0.503. The fourth-order valence-electron chi connectivity index (χ4n) is 7.45. The van der Waals surface area contributed by atoms with Gasteiger partial charge in [0.1, 0.15) is 0 Å². The first-order chi connectivity index (χ1) is 23.6. The molecule has 0 amide bonds. The lowest BCUT2D eigenvalue weighted by Crippen LogP contribution is -2.25. The Morgan fingerprint density at radius 3 is 1.50 bits per heavy atom. The molecule has 0 unspecified atom stereocenters. The molecule has 0 saturated heterocycles. The molecule has 0 spiro atoms. The molecule has 0 atom stereocenters. The third-order valence-corrected chi connectivity index (χ3v) is 9.72. The largest absolute Gasteiger partial charge is 0.310 e. The highest BCUT2D eigenvalue weighted by Crippen LogP contribution is 2.54. The van der Waals surface area contributed by atoms with Gasteiger partial charge in [0.15, 0.2) is 0 Å². The monoisotopic (exact) mass is 615 g/mol. The molecule has 48 heavy (non-hydrogen) atoms. The Kier molecular flexibility index (Phi) is 7.59. The van der Waals surface area contributed by atoms with Crippen LogP contribution in [0.4, 0.5) is 17.1 Å². The number of hydrogen-bond acceptors (Lipinski definition) is 1. The molecular weight excluding hydrogens is 579 g/mol. The third kappa shape index (κ3) is 5.05. The molecule has 230 valence electrons. The summed E-state index contributed by atoms with van der Waals surface area (Å²) in [5, 5.41) is 0. The molecule has 1 heteroatoms. The van der Waals surface area contributed by atoms with Gasteiger partial charge in [-0.05, 0) is 100 Å². The predicted octanol–water partition coefficient (Wildman–Crippen LogP) is 12.2. The number of hydrogen-bond donors (Lipinski definition) is 0. The minimum atomic E-state index is -0.503. The average molecular weight is 616 g/mol. The zero-order valence-corrected chi connectivity index (χ0v) is 27.3. The van der Waals surface area contributed by atoms with E-state index >= 15 is 0 Å². The van der Waals surface area contributed by atoms with Crippen LogP contribution in [0.5, 0.6) is 0 Å². The fourth-order valence-corrected chi connectivity index (χ4v) is 7.45. The van der Waals surface area contributed by atoms with Gasteiger partial charge in [0.2, 0.25) is 0 Å². The summed E-state index contributed by atoms with van der Waals surface area (Å²) in [6, 6.07) is 66.1. The molecule has 0 heterocycles. The summed E-state index contributed by atoms with van der Waals surface area (Å²) in [5.74, 6) is 0. The molecule has 0 bridgehead atoms. The number of anilines is 3. The van der Waals surface area contributed by atoms with E-state index in [1.54, 1.807) is 0 Å². The summed E-state index contributed by atoms with van der Waals surface area (Å²) in [6.07, 6.45) is 2.53. The SMILES string of the molecule is Cc1ccc(C)c(-c2ccccc2C2=CC(c3ccccc3)(c3ccccc3)c3cc(N(c4ccccc4)c4ccccc4)ccc32)c1. The van der Waals surface area contributed by atoms with Crippen LogP contribution in [-0.4, -0.2) is 0 Å². The van der Waals surface area contributed by atoms with Gasteiger partial charge in [0, 0.05) is 17.1 Å². The summed E-state index contributed by atoms with van der Waals surface area (Å²) in [7, 11) is 0. The van der Waals surface area contributed by atoms with Gasteiger partial charge in [0.25, 0.3) is 0 Å². The third-order valence-electron chi connectivity index (χ3n) is 9.72. The number of nitrogens with zero attached hydrogens (tertiary/aromatic N) is 1. The van der Waals surface area contributed by atoms with Crippen LogP contribution in [0.15, 0.2) is 188 Å². The van der Waals surface area contributed by atoms with Crippen molar-refractivity contribution in [3.63, 3.8) is 0 Å². The maximum atomic E-state index is 2.53. The summed E-state index contributed by atoms with van der Waals surface area (Å²) >= 11 is 0. The Morgan fingerprint density at radius 1 is 0.396 bits per heavy atom. The van der Waals surface area contributed by atoms with Crippen LogP contribution < -0.4 is 4.90 Å². The quantitative estimate of drug-likeness (QED) is 0.172. The van der Waals surface area contributed by atoms with Crippen LogP contribution >= 0.6 is 0 Å². The topological polar surface area (TPSA) is 3.24 Å². The Morgan fingerprint density at radius 2 is 0.917 bits per heavy atom. The second kappa shape index (κ2) is 12.4. The van der Waals surface area contributed by atoms with E-state index in [9.17, 15) is 0 Å². The molecule has 7 aromatic rings. The molecule has 8 rings (SSSR count). The van der Waals surface area contributed by atoms with Gasteiger partial charge >= 0.3 is 0 Å². The van der Waals surface area contributed by atoms with E-state index in [0.29, 0.717) is 0 Å². The van der Waals surface area contributed by atoms with Crippen molar-refractivity contribution in [1.29, 1.82) is 0 Å². The molecule has 1 nitrogen and oxygen atoms in total. The second-order valence-corrected chi connectivity index (χ2v) is 12.7. The summed E-state index contributed by atoms with van der Waals surface area (Å²) in [5.41, 5.74) is 15.5. The molecule has 0 radical (unpaired) electrons. The van der Waals surface area contributed by atoms with Gasteiger partial charge in [-0.1, -0.05) is 157 Å². The number of para-hydroxylation sites is 2. The van der Waals surface area contributed by atoms with E-state index in [0.717, 1.165) is 17.1 Å². The molecule has 0 aliphatic heterocycles. The average Bonchev–Trinajstić information content (AvgIpc) is 3.50. The van der Waals surface area contributed by atoms with Gasteiger partial charge in [-0.2, -0.15) is 0 Å². The van der Waals surface area contributed by atoms with Crippen LogP contribution in [0.1, 0.15) is 38.9 Å². The van der Waals surface area contributed by atoms with Gasteiger partial charge in [-0.15, -0.1) is 0 Å². The van der Waals surface area contributed by atoms with Crippen molar-refractivity contribution in [2.75, 3.05) is 4.90 Å². The molecule has 0 N–H and O–H groups in total. The maximum Gasteiger partial charge on any atom is 0.0648 e. The molecule has 0 fully saturated rings. The van der Waals surface area contributed by atoms with Crippen molar-refractivity contribution in [3.05, 3.63) is 227 Å². The Labute approximate surface area is 284 Å². The van der Waals surface area contributed by atoms with Gasteiger partial charge < -0.3 is 4.90 Å². The van der Waals surface area contributed by atoms with E-state index < -0.39 is 5.41 Å². The molecule has 0 aromatic heterocycles. The van der Waals surface area contributed by atoms with Crippen molar-refractivity contribution in [2.24, 2.45) is 0 Å². The zero-order valence-electron chi connectivity index (χ0n) is 27.3. The van der Waals surface area contributed by atoms with Gasteiger partial charge in [-0.3, -0.25) is 0 Å². The molecule has 1 aliphatic rings. The Bertz CT molecular complexity index is 2150. The maximum absolute atomic E-state index is 2.53. The summed E-state index contributed by atoms with van der Waals surface area (Å²) < 4.78 is 0. The van der Waals surface area contributed by atoms with E-state index in [4.69, 9.17) is 0 Å². The molecule has 7 aromatic carbocycles. The first-order valence-corrected chi connectivity index (χ1v) is 16.7. The van der Waals surface area contributed by atoms with E-state index in [2.05, 4.69) is 207 Å². The Hall–Kier alpha value is -5.92. The van der Waals surface area contributed by atoms with Crippen molar-refractivity contribution in [2.45, 2.75) is 19.3 Å². The zero-order chi connectivity index (χ0) is 32.5. The van der Waals surface area contributed by atoms with Crippen molar-refractivity contribution in [1.82, 2.24) is 0 Å². The van der Waals surface area contributed by atoms with E-state index in [1.807, 2.05) is 0 Å². The number of fused-ring (bicyclic) bond motifs is 1. The van der Waals surface area contributed by atoms with Crippen molar-refractivity contribution >= 4 is 22.6 Å². The van der Waals surface area contributed by atoms with Crippen LogP contribution in [0.25, 0.3) is 16.7 Å². The summed E-state index contributed by atoms with van der Waals surface area (Å²) in [6.45, 7) is 4.40. The van der Waals surface area contributed by atoms with Crippen LogP contribution in [0, 0.1) is 13.8 Å². The normalized spacial score (nSPS) is 13.1. The second-order valence-electron chi connectivity index (χ2n) is 12.7. The highest BCUT2D eigenvalue weighted by molar-refractivity contribution is 5.96. The highest BCUT2D eigenvalue weighted by Gasteiger charge is 2.42. The van der Waals surface area contributed by atoms with Crippen LogP contribution in [-0.2, 0) is 5.41 Å². The Balaban J connectivity index is 1.43. The number of allylic oxidation sites excluding steroid dienone is 1. The first kappa shape index (κ1) is 29.5. The lowest BCUT2D eigenvalue weighted by molar-refractivity contribution is 0.794. The molecule has 0 saturated carbocycles. The first-order valence-electron chi connectivity index (χ1n) is 16.7. The number of aryl methyl sites for hydroxylation is 2. The van der Waals surface area contributed by atoms with Gasteiger partial charge in [-0.25, -0.2) is 0 Å². The van der Waals surface area contributed by atoms with E-state index in [-0.39, 0.29) is 0 Å². The molecular formula is C47H37N. The molecule has 1 aliphatic carbocycles. The standard InChI is InChI=1S/C47H37N/c1-34-27-28-35(2)44(31-34)41-25-15-16-26-42(41)45-33-47(36-17-7-3-8-18-36,37-19-9-4-10-20-37)46-32-40(29-30-43(45)46)48(38-21-11-5-12-22-38)39-23-13-6-14-24-39/h3-33H,1-2H3. The lowest BCUT2D eigenvalue weighted by atomic mass is 9.71. The van der Waals surface area contributed by atoms with E-state index in [1.165, 1.54) is 55.6 Å². The van der Waals surface area contributed by atoms with Crippen LogP contribution in [0.3, 0.4) is 0 Å². The smallest absolute Gasteiger partial charge is 0.0648 e. The predicted molar refractivity (Wildman–Crippen MR) is 202 cm³/mol. The highest BCUT2D eigenvalue weighted by atomic mass is 15.1. The number of benzene rings is 7. The van der Waals surface area contributed by atoms with Gasteiger partial charge in [0.05, 0.1) is 5.41 Å². The van der Waals surface area contributed by atoms with Crippen molar-refractivity contribution < 1.29 is 0 Å². The summed E-state index contributed by atoms with van der Waals surface area (Å²) in [4.78, 5) is 2.36. The lowest BCUT2D eigenvalue weighted by Gasteiger charge is -2.32. The van der Waals surface area contributed by atoms with Crippen LogP contribution in [0.2, 0.25) is 0 Å². The minimum Gasteiger partial charge on any atom is -0.310 e.